The largest absolute Gasteiger partial charge is 0.486 e. The number of benzene rings is 2. The van der Waals surface area contributed by atoms with Crippen LogP contribution in [0.25, 0.3) is 0 Å². The Hall–Kier alpha value is -2.54. The Balaban J connectivity index is 1.31. The fourth-order valence-electron chi connectivity index (χ4n) is 5.68. The summed E-state index contributed by atoms with van der Waals surface area (Å²) in [4.78, 5) is 2.39. The molecule has 2 aromatic rings. The van der Waals surface area contributed by atoms with E-state index in [0.717, 1.165) is 36.6 Å². The Labute approximate surface area is 175 Å². The first-order chi connectivity index (χ1) is 14.7. The maximum absolute atomic E-state index is 11.1. The molecular weight excluding hydrogens is 380 g/mol. The van der Waals surface area contributed by atoms with Crippen molar-refractivity contribution in [2.24, 2.45) is 5.73 Å². The first-order valence-corrected chi connectivity index (χ1v) is 10.7. The van der Waals surface area contributed by atoms with Crippen molar-refractivity contribution >= 4 is 0 Å². The van der Waals surface area contributed by atoms with Crippen LogP contribution in [-0.4, -0.2) is 48.1 Å². The second-order valence-electron chi connectivity index (χ2n) is 8.69. The Morgan fingerprint density at radius 3 is 2.77 bits per heavy atom. The number of nitrogens with zero attached hydrogens (tertiary/aromatic N) is 1. The predicted octanol–water partition coefficient (Wildman–Crippen LogP) is 2.12. The Bertz CT molecular complexity index is 1010. The monoisotopic (exact) mass is 406 g/mol. The van der Waals surface area contributed by atoms with Crippen LogP contribution in [0.15, 0.2) is 48.6 Å². The number of fused-ring (bicyclic) bond motifs is 2. The summed E-state index contributed by atoms with van der Waals surface area (Å²) in [7, 11) is 0. The van der Waals surface area contributed by atoms with Crippen LogP contribution in [0.3, 0.4) is 0 Å². The molecule has 156 valence electrons. The average Bonchev–Trinajstić information content (AvgIpc) is 3.29. The molecule has 0 radical (unpaired) electrons. The van der Waals surface area contributed by atoms with Gasteiger partial charge in [-0.1, -0.05) is 18.2 Å². The van der Waals surface area contributed by atoms with Crippen LogP contribution in [0.5, 0.6) is 17.2 Å². The molecule has 2 unspecified atom stereocenters. The first kappa shape index (κ1) is 18.2. The molecule has 3 aliphatic heterocycles. The van der Waals surface area contributed by atoms with E-state index >= 15 is 0 Å². The Morgan fingerprint density at radius 2 is 1.97 bits per heavy atom. The summed E-state index contributed by atoms with van der Waals surface area (Å²) in [5, 5.41) is 11.1. The summed E-state index contributed by atoms with van der Waals surface area (Å²) < 4.78 is 17.5. The summed E-state index contributed by atoms with van der Waals surface area (Å²) >= 11 is 0. The predicted molar refractivity (Wildman–Crippen MR) is 112 cm³/mol. The van der Waals surface area contributed by atoms with Gasteiger partial charge in [-0.25, -0.2) is 0 Å². The van der Waals surface area contributed by atoms with Gasteiger partial charge in [0.15, 0.2) is 11.5 Å². The molecule has 1 aliphatic carbocycles. The molecule has 0 amide bonds. The third-order valence-corrected chi connectivity index (χ3v) is 7.08. The van der Waals surface area contributed by atoms with Crippen LogP contribution in [0.2, 0.25) is 0 Å². The zero-order chi connectivity index (χ0) is 20.3. The van der Waals surface area contributed by atoms with Crippen molar-refractivity contribution in [3.63, 3.8) is 0 Å². The molecule has 1 fully saturated rings. The molecule has 30 heavy (non-hydrogen) atoms. The van der Waals surface area contributed by atoms with E-state index in [9.17, 15) is 5.11 Å². The second kappa shape index (κ2) is 6.74. The van der Waals surface area contributed by atoms with Gasteiger partial charge in [-0.3, -0.25) is 4.90 Å². The number of nitrogens with two attached hydrogens (primary N) is 1. The summed E-state index contributed by atoms with van der Waals surface area (Å²) in [6.45, 7) is 2.38. The highest BCUT2D eigenvalue weighted by Crippen LogP contribution is 2.53. The lowest BCUT2D eigenvalue weighted by atomic mass is 9.65. The number of rotatable bonds is 4. The van der Waals surface area contributed by atoms with Crippen molar-refractivity contribution in [1.29, 1.82) is 0 Å². The molecule has 0 aromatic heterocycles. The maximum atomic E-state index is 11.1. The molecule has 0 spiro atoms. The van der Waals surface area contributed by atoms with E-state index < -0.39 is 11.5 Å². The van der Waals surface area contributed by atoms with Gasteiger partial charge in [0.05, 0.1) is 11.5 Å². The van der Waals surface area contributed by atoms with Gasteiger partial charge in [-0.2, -0.15) is 0 Å². The zero-order valence-corrected chi connectivity index (χ0v) is 16.8. The van der Waals surface area contributed by atoms with E-state index in [4.69, 9.17) is 19.9 Å². The highest BCUT2D eigenvalue weighted by Gasteiger charge is 2.58. The van der Waals surface area contributed by atoms with E-state index in [2.05, 4.69) is 41.3 Å². The van der Waals surface area contributed by atoms with Crippen LogP contribution in [-0.2, 0) is 18.4 Å². The third kappa shape index (κ3) is 2.61. The molecule has 6 nitrogen and oxygen atoms in total. The zero-order valence-electron chi connectivity index (χ0n) is 16.8. The van der Waals surface area contributed by atoms with Crippen LogP contribution in [0, 0.1) is 0 Å². The summed E-state index contributed by atoms with van der Waals surface area (Å²) in [5.74, 6) is 2.44. The van der Waals surface area contributed by atoms with Crippen molar-refractivity contribution in [2.45, 2.75) is 43.1 Å². The molecular formula is C24H26N2O4. The number of hydrogen-bond acceptors (Lipinski definition) is 6. The van der Waals surface area contributed by atoms with Crippen LogP contribution >= 0.6 is 0 Å². The summed E-state index contributed by atoms with van der Waals surface area (Å²) in [6.07, 6.45) is 5.55. The van der Waals surface area contributed by atoms with E-state index in [1.165, 1.54) is 16.7 Å². The van der Waals surface area contributed by atoms with Gasteiger partial charge in [0, 0.05) is 25.6 Å². The highest BCUT2D eigenvalue weighted by molar-refractivity contribution is 5.56. The number of aliphatic hydroxyl groups is 1. The first-order valence-electron chi connectivity index (χ1n) is 10.7. The lowest BCUT2D eigenvalue weighted by Crippen LogP contribution is -2.52. The molecule has 0 saturated carbocycles. The van der Waals surface area contributed by atoms with Crippen molar-refractivity contribution in [3.05, 3.63) is 65.2 Å². The Kier molecular flexibility index (Phi) is 4.10. The molecule has 2 bridgehead atoms. The normalized spacial score (nSPS) is 32.6. The minimum absolute atomic E-state index is 0.0214. The van der Waals surface area contributed by atoms with E-state index in [0.29, 0.717) is 13.1 Å². The quantitative estimate of drug-likeness (QED) is 0.758. The number of hydrogen-bond donors (Lipinski definition) is 2. The molecule has 6 rings (SSSR count). The smallest absolute Gasteiger partial charge is 0.231 e. The van der Waals surface area contributed by atoms with Gasteiger partial charge >= 0.3 is 0 Å². The van der Waals surface area contributed by atoms with Gasteiger partial charge in [0.2, 0.25) is 6.79 Å². The lowest BCUT2D eigenvalue weighted by Gasteiger charge is -2.46. The highest BCUT2D eigenvalue weighted by atomic mass is 16.7. The second-order valence-corrected chi connectivity index (χ2v) is 8.69. The molecule has 2 aromatic carbocycles. The Morgan fingerprint density at radius 1 is 1.17 bits per heavy atom. The van der Waals surface area contributed by atoms with Crippen LogP contribution in [0.1, 0.15) is 23.1 Å². The topological polar surface area (TPSA) is 77.2 Å². The van der Waals surface area contributed by atoms with Gasteiger partial charge < -0.3 is 25.1 Å². The average molecular weight is 406 g/mol. The van der Waals surface area contributed by atoms with Crippen LogP contribution < -0.4 is 19.9 Å². The minimum Gasteiger partial charge on any atom is -0.486 e. The maximum Gasteiger partial charge on any atom is 0.231 e. The fraction of sp³-hybridized carbons (Fsp3) is 0.417. The molecule has 1 saturated heterocycles. The summed E-state index contributed by atoms with van der Waals surface area (Å²) in [6, 6.07) is 12.6. The van der Waals surface area contributed by atoms with Crippen molar-refractivity contribution in [1.82, 2.24) is 4.90 Å². The van der Waals surface area contributed by atoms with Gasteiger partial charge in [0.25, 0.3) is 0 Å². The van der Waals surface area contributed by atoms with Crippen LogP contribution in [0.4, 0.5) is 0 Å². The van der Waals surface area contributed by atoms with E-state index in [1.54, 1.807) is 0 Å². The van der Waals surface area contributed by atoms with Crippen molar-refractivity contribution in [2.75, 3.05) is 19.9 Å². The molecule has 6 heteroatoms. The van der Waals surface area contributed by atoms with Gasteiger partial charge in [0.1, 0.15) is 11.9 Å². The van der Waals surface area contributed by atoms with Crippen molar-refractivity contribution in [3.8, 4) is 17.2 Å². The molecule has 5 atom stereocenters. The lowest BCUT2D eigenvalue weighted by molar-refractivity contribution is 0.102. The van der Waals surface area contributed by atoms with Gasteiger partial charge in [-0.15, -0.1) is 0 Å². The molecule has 3 heterocycles. The summed E-state index contributed by atoms with van der Waals surface area (Å²) in [5.41, 5.74) is 8.82. The van der Waals surface area contributed by atoms with E-state index in [1.807, 2.05) is 12.1 Å². The van der Waals surface area contributed by atoms with Crippen molar-refractivity contribution < 1.29 is 19.3 Å². The SMILES string of the molecule is NCCc1ccc(O[C@H]2C=C[C@]34c5cc6c(cc5CN(CC3O)[C@@H]4C2)OCO6)cc1. The standard InChI is InChI=1S/C24H26N2O4/c25-8-6-15-1-3-17(4-2-15)30-18-5-7-24-19-11-21-20(28-14-29-21)9-16(19)12-26(13-23(24)27)22(24)10-18/h1-5,7,9,11,18,22-23,27H,6,8,10,12-14,25H2/t18-,22+,23?,24+/m0/s1. The number of aliphatic hydroxyl groups excluding tert-OH is 1. The third-order valence-electron chi connectivity index (χ3n) is 7.08. The molecule has 3 N–H and O–H groups in total. The van der Waals surface area contributed by atoms with Gasteiger partial charge in [-0.05, 0) is 60.0 Å². The minimum atomic E-state index is -0.447. The number of ether oxygens (including phenoxy) is 3. The molecule has 4 aliphatic rings. The fourth-order valence-corrected chi connectivity index (χ4v) is 5.68. The van der Waals surface area contributed by atoms with E-state index in [-0.39, 0.29) is 18.9 Å².